The molecule has 0 aromatic carbocycles. The number of rotatable bonds is 3. The van der Waals surface area contributed by atoms with E-state index in [1.807, 2.05) is 0 Å². The van der Waals surface area contributed by atoms with Gasteiger partial charge in [-0.15, -0.1) is 0 Å². The fraction of sp³-hybridized carbons (Fsp3) is 1.00. The molecule has 0 rings (SSSR count). The van der Waals surface area contributed by atoms with Crippen molar-refractivity contribution in [3.63, 3.8) is 0 Å². The van der Waals surface area contributed by atoms with E-state index in [1.165, 1.54) is 14.2 Å². The fourth-order valence-electron chi connectivity index (χ4n) is 0.750. The fourth-order valence-corrected chi connectivity index (χ4v) is 3.09. The molecule has 0 aliphatic heterocycles. The molecule has 0 heterocycles. The number of hydrogen-bond acceptors (Lipinski definition) is 0. The summed E-state index contributed by atoms with van der Waals surface area (Å²) in [5.74, 6) is 0. The van der Waals surface area contributed by atoms with Crippen LogP contribution in [-0.2, 0) is 17.9 Å². The van der Waals surface area contributed by atoms with Crippen molar-refractivity contribution in [3.8, 4) is 0 Å². The molecule has 0 aliphatic carbocycles. The maximum absolute atomic E-state index is 2.34. The van der Waals surface area contributed by atoms with Crippen LogP contribution in [0.25, 0.3) is 0 Å². The van der Waals surface area contributed by atoms with Crippen LogP contribution in [0.15, 0.2) is 0 Å². The van der Waals surface area contributed by atoms with E-state index in [4.69, 9.17) is 0 Å². The zero-order valence-electron chi connectivity index (χ0n) is 6.00. The largest absolute Gasteiger partial charge is 1.00 e. The van der Waals surface area contributed by atoms with Crippen molar-refractivity contribution in [3.05, 3.63) is 0 Å². The van der Waals surface area contributed by atoms with Crippen LogP contribution in [0.3, 0.4) is 0 Å². The Bertz CT molecular complexity index is 30.0. The Labute approximate surface area is 69.7 Å². The van der Waals surface area contributed by atoms with E-state index in [2.05, 4.69) is 20.8 Å². The molecule has 8 heavy (non-hydrogen) atoms. The van der Waals surface area contributed by atoms with Crippen molar-refractivity contribution in [2.24, 2.45) is 0 Å². The van der Waals surface area contributed by atoms with E-state index < -0.39 is 17.9 Å². The van der Waals surface area contributed by atoms with Crippen LogP contribution in [-0.4, -0.2) is 0 Å². The van der Waals surface area contributed by atoms with Crippen LogP contribution >= 0.6 is 0 Å². The zero-order chi connectivity index (χ0) is 5.70. The second-order valence-electron chi connectivity index (χ2n) is 1.81. The first-order valence-electron chi connectivity index (χ1n) is 3.18. The van der Waals surface area contributed by atoms with Crippen LogP contribution in [0, 0.1) is 0 Å². The van der Waals surface area contributed by atoms with Gasteiger partial charge in [-0.2, -0.15) is 0 Å². The Hall–Kier alpha value is 1.19. The molecule has 0 nitrogen and oxygen atoms in total. The van der Waals surface area contributed by atoms with Gasteiger partial charge in [0.2, 0.25) is 0 Å². The topological polar surface area (TPSA) is 0 Å². The Morgan fingerprint density at radius 2 is 1.12 bits per heavy atom. The van der Waals surface area contributed by atoms with Crippen molar-refractivity contribution >= 4 is 0 Å². The maximum Gasteiger partial charge on any atom is -1.00 e. The second-order valence-corrected chi connectivity index (χ2v) is 7.47. The first-order valence-corrected chi connectivity index (χ1v) is 6.49. The summed E-state index contributed by atoms with van der Waals surface area (Å²) >= 11 is -0.403. The third-order valence-electron chi connectivity index (χ3n) is 1.50. The van der Waals surface area contributed by atoms with Crippen molar-refractivity contribution < 1.29 is 34.9 Å². The van der Waals surface area contributed by atoms with E-state index >= 15 is 0 Å². The van der Waals surface area contributed by atoms with E-state index in [-0.39, 0.29) is 17.0 Å². The molecule has 0 aromatic heterocycles. The molecule has 0 aromatic rings. The normalized spacial score (nSPS) is 7.88. The quantitative estimate of drug-likeness (QED) is 0.577. The van der Waals surface area contributed by atoms with E-state index in [0.29, 0.717) is 0 Å². The van der Waals surface area contributed by atoms with E-state index in [0.717, 1.165) is 0 Å². The zero-order valence-corrected chi connectivity index (χ0v) is 9.15. The molecule has 0 saturated carbocycles. The van der Waals surface area contributed by atoms with Gasteiger partial charge in [0.15, 0.2) is 0 Å². The van der Waals surface area contributed by atoms with Gasteiger partial charge < -0.3 is 17.0 Å². The average Bonchev–Trinajstić information content (AvgIpc) is 1.72. The molecule has 0 radical (unpaired) electrons. The summed E-state index contributed by atoms with van der Waals surface area (Å²) in [5.41, 5.74) is 0. The van der Waals surface area contributed by atoms with Crippen molar-refractivity contribution in [1.29, 1.82) is 0 Å². The predicted molar refractivity (Wildman–Crippen MR) is 31.4 cm³/mol. The third kappa shape index (κ3) is 5.33. The SMILES string of the molecule is C[CH2][Ti+]([CH2]C)[CH2]C.[Br-]. The molecule has 0 bridgehead atoms. The van der Waals surface area contributed by atoms with Crippen LogP contribution < -0.4 is 17.0 Å². The number of hydrogen-bond donors (Lipinski definition) is 0. The third-order valence-corrected chi connectivity index (χ3v) is 6.18. The Morgan fingerprint density at radius 3 is 1.12 bits per heavy atom. The van der Waals surface area contributed by atoms with Crippen LogP contribution in [0.1, 0.15) is 20.8 Å². The molecule has 0 spiro atoms. The summed E-state index contributed by atoms with van der Waals surface area (Å²) in [6, 6.07) is 0. The molecule has 0 saturated heterocycles. The summed E-state index contributed by atoms with van der Waals surface area (Å²) in [7, 11) is 0. The van der Waals surface area contributed by atoms with Gasteiger partial charge >= 0.3 is 52.8 Å². The van der Waals surface area contributed by atoms with Crippen molar-refractivity contribution in [1.82, 2.24) is 0 Å². The van der Waals surface area contributed by atoms with Crippen LogP contribution in [0.5, 0.6) is 0 Å². The van der Waals surface area contributed by atoms with Crippen LogP contribution in [0.4, 0.5) is 0 Å². The molecule has 2 heteroatoms. The Morgan fingerprint density at radius 1 is 0.875 bits per heavy atom. The monoisotopic (exact) mass is 214 g/mol. The minimum Gasteiger partial charge on any atom is -1.00 e. The molecule has 50 valence electrons. The van der Waals surface area contributed by atoms with E-state index in [9.17, 15) is 0 Å². The van der Waals surface area contributed by atoms with E-state index in [1.54, 1.807) is 0 Å². The number of halogens is 1. The smallest absolute Gasteiger partial charge is 1.00 e. The molecule has 0 unspecified atom stereocenters. The van der Waals surface area contributed by atoms with Crippen molar-refractivity contribution in [2.75, 3.05) is 0 Å². The van der Waals surface area contributed by atoms with Gasteiger partial charge in [-0.3, -0.25) is 0 Å². The van der Waals surface area contributed by atoms with Crippen molar-refractivity contribution in [2.45, 2.75) is 34.9 Å². The molecule has 0 amide bonds. The maximum atomic E-state index is 2.34. The van der Waals surface area contributed by atoms with Gasteiger partial charge in [0, 0.05) is 0 Å². The second kappa shape index (κ2) is 8.19. The van der Waals surface area contributed by atoms with Gasteiger partial charge in [0.1, 0.15) is 0 Å². The predicted octanol–water partition coefficient (Wildman–Crippen LogP) is -0.0768. The minimum atomic E-state index is -0.403. The summed E-state index contributed by atoms with van der Waals surface area (Å²) in [6.45, 7) is 7.01. The summed E-state index contributed by atoms with van der Waals surface area (Å²) in [6.07, 6.45) is 0. The first-order chi connectivity index (χ1) is 3.35. The molecular weight excluding hydrogens is 200 g/mol. The summed E-state index contributed by atoms with van der Waals surface area (Å²) < 4.78 is 4.56. The van der Waals surface area contributed by atoms with Gasteiger partial charge in [-0.05, 0) is 0 Å². The van der Waals surface area contributed by atoms with Gasteiger partial charge in [-0.25, -0.2) is 0 Å². The molecular formula is C6H15BrTi. The minimum absolute atomic E-state index is 0. The standard InChI is InChI=1S/3C2H5.BrH.Ti/c3*1-2;;/h3*1H2,2H3;1H;/q;;;;+1/p-1. The summed E-state index contributed by atoms with van der Waals surface area (Å²) in [4.78, 5) is 0. The van der Waals surface area contributed by atoms with Gasteiger partial charge in [-0.1, -0.05) is 0 Å². The van der Waals surface area contributed by atoms with Gasteiger partial charge in [0.05, 0.1) is 0 Å². The summed E-state index contributed by atoms with van der Waals surface area (Å²) in [5, 5.41) is 0. The molecule has 0 N–H and O–H groups in total. The Kier molecular flexibility index (Phi) is 12.2. The molecule has 0 atom stereocenters. The first kappa shape index (κ1) is 11.9. The average molecular weight is 215 g/mol. The van der Waals surface area contributed by atoms with Gasteiger partial charge in [0.25, 0.3) is 0 Å². The Balaban J connectivity index is 0. The molecule has 0 aliphatic rings. The van der Waals surface area contributed by atoms with Crippen LogP contribution in [0.2, 0.25) is 14.2 Å². The molecule has 0 fully saturated rings.